The third-order valence-corrected chi connectivity index (χ3v) is 3.82. The lowest BCUT2D eigenvalue weighted by molar-refractivity contribution is 0.112. The van der Waals surface area contributed by atoms with Gasteiger partial charge in [0, 0.05) is 9.60 Å². The summed E-state index contributed by atoms with van der Waals surface area (Å²) in [5.74, 6) is 0. The van der Waals surface area contributed by atoms with E-state index < -0.39 is 0 Å². The molecular weight excluding hydrogens is 200 g/mol. The average Bonchev–Trinajstić information content (AvgIpc) is 2.55. The molecule has 1 aromatic heterocycles. The van der Waals surface area contributed by atoms with E-state index in [4.69, 9.17) is 0 Å². The molecule has 0 bridgehead atoms. The molecule has 1 heterocycles. The molecule has 0 saturated carbocycles. The van der Waals surface area contributed by atoms with Gasteiger partial charge in [0.1, 0.15) is 0 Å². The van der Waals surface area contributed by atoms with Gasteiger partial charge in [-0.3, -0.25) is 4.79 Å². The van der Waals surface area contributed by atoms with Gasteiger partial charge in [-0.05, 0) is 23.9 Å². The predicted octanol–water partition coefficient (Wildman–Crippen LogP) is 3.31. The summed E-state index contributed by atoms with van der Waals surface area (Å²) in [5.41, 5.74) is 1.15. The Bertz CT molecular complexity index is 471. The number of hydrogen-bond donors (Lipinski definition) is 1. The fourth-order valence-corrected chi connectivity index (χ4v) is 2.58. The maximum atomic E-state index is 10.6. The molecule has 0 amide bonds. The molecule has 0 aliphatic rings. The molecule has 0 aliphatic carbocycles. The number of aryl methyl sites for hydroxylation is 1. The van der Waals surface area contributed by atoms with Crippen molar-refractivity contribution in [3.63, 3.8) is 0 Å². The van der Waals surface area contributed by atoms with E-state index in [0.717, 1.165) is 31.7 Å². The van der Waals surface area contributed by atoms with E-state index >= 15 is 0 Å². The van der Waals surface area contributed by atoms with Crippen LogP contribution in [0.3, 0.4) is 0 Å². The Morgan fingerprint density at radius 1 is 1.46 bits per heavy atom. The summed E-state index contributed by atoms with van der Waals surface area (Å²) in [7, 11) is 0. The van der Waals surface area contributed by atoms with Crippen molar-refractivity contribution >= 4 is 40.3 Å². The van der Waals surface area contributed by atoms with E-state index in [2.05, 4.69) is 12.6 Å². The quantitative estimate of drug-likeness (QED) is 0.562. The second-order valence-corrected chi connectivity index (χ2v) is 4.45. The van der Waals surface area contributed by atoms with Crippen LogP contribution < -0.4 is 0 Å². The van der Waals surface area contributed by atoms with Gasteiger partial charge < -0.3 is 0 Å². The van der Waals surface area contributed by atoms with Gasteiger partial charge >= 0.3 is 0 Å². The highest BCUT2D eigenvalue weighted by atomic mass is 32.1. The number of fused-ring (bicyclic) bond motifs is 1. The third kappa shape index (κ3) is 1.38. The minimum Gasteiger partial charge on any atom is -0.297 e. The maximum Gasteiger partial charge on any atom is 0.160 e. The first-order valence-electron chi connectivity index (χ1n) is 3.89. The molecule has 0 aliphatic heterocycles. The van der Waals surface area contributed by atoms with E-state index in [9.17, 15) is 4.79 Å². The van der Waals surface area contributed by atoms with Crippen molar-refractivity contribution < 1.29 is 4.79 Å². The lowest BCUT2D eigenvalue weighted by Crippen LogP contribution is -1.73. The summed E-state index contributed by atoms with van der Waals surface area (Å²) in [6, 6.07) is 5.94. The minimum absolute atomic E-state index is 0.760. The van der Waals surface area contributed by atoms with Crippen LogP contribution in [0, 0.1) is 6.92 Å². The number of hydrogen-bond acceptors (Lipinski definition) is 3. The zero-order valence-electron chi connectivity index (χ0n) is 7.07. The molecule has 0 atom stereocenters. The zero-order valence-corrected chi connectivity index (χ0v) is 8.78. The number of aldehydes is 1. The highest BCUT2D eigenvalue weighted by Gasteiger charge is 2.05. The fraction of sp³-hybridized carbons (Fsp3) is 0.100. The molecule has 13 heavy (non-hydrogen) atoms. The van der Waals surface area contributed by atoms with Gasteiger partial charge in [0.05, 0.1) is 4.88 Å². The molecule has 0 unspecified atom stereocenters. The van der Waals surface area contributed by atoms with Crippen molar-refractivity contribution in [1.82, 2.24) is 0 Å². The standard InChI is InChI=1S/C10H8OS2/c1-6-2-3-7-4-8(5-11)13-10(7)9(6)12/h2-5,12H,1H3. The molecule has 0 saturated heterocycles. The summed E-state index contributed by atoms with van der Waals surface area (Å²) >= 11 is 5.90. The molecule has 3 heteroatoms. The summed E-state index contributed by atoms with van der Waals surface area (Å²) in [4.78, 5) is 12.3. The van der Waals surface area contributed by atoms with Crippen LogP contribution in [0.2, 0.25) is 0 Å². The van der Waals surface area contributed by atoms with Crippen LogP contribution in [0.15, 0.2) is 23.1 Å². The largest absolute Gasteiger partial charge is 0.297 e. The summed E-state index contributed by atoms with van der Waals surface area (Å²) in [6.07, 6.45) is 0.882. The van der Waals surface area contributed by atoms with Gasteiger partial charge in [0.2, 0.25) is 0 Å². The van der Waals surface area contributed by atoms with E-state index in [-0.39, 0.29) is 0 Å². The van der Waals surface area contributed by atoms with Crippen LogP contribution >= 0.6 is 24.0 Å². The SMILES string of the molecule is Cc1ccc2cc(C=O)sc2c1S. The number of rotatable bonds is 1. The highest BCUT2D eigenvalue weighted by molar-refractivity contribution is 7.80. The third-order valence-electron chi connectivity index (χ3n) is 2.00. The predicted molar refractivity (Wildman–Crippen MR) is 59.2 cm³/mol. The molecule has 2 aromatic rings. The number of thiol groups is 1. The molecule has 0 fully saturated rings. The van der Waals surface area contributed by atoms with Gasteiger partial charge in [0.15, 0.2) is 6.29 Å². The van der Waals surface area contributed by atoms with Gasteiger partial charge in [-0.25, -0.2) is 0 Å². The Kier molecular flexibility index (Phi) is 2.14. The topological polar surface area (TPSA) is 17.1 Å². The highest BCUT2D eigenvalue weighted by Crippen LogP contribution is 2.32. The number of carbonyl (C=O) groups is 1. The fourth-order valence-electron chi connectivity index (χ4n) is 1.26. The van der Waals surface area contributed by atoms with Crippen molar-refractivity contribution in [3.05, 3.63) is 28.6 Å². The van der Waals surface area contributed by atoms with E-state index in [1.807, 2.05) is 25.1 Å². The molecule has 0 spiro atoms. The second kappa shape index (κ2) is 3.16. The molecule has 2 rings (SSSR count). The van der Waals surface area contributed by atoms with Crippen LogP contribution in [0.4, 0.5) is 0 Å². The van der Waals surface area contributed by atoms with E-state index in [0.29, 0.717) is 0 Å². The van der Waals surface area contributed by atoms with Gasteiger partial charge in [-0.1, -0.05) is 12.1 Å². The monoisotopic (exact) mass is 208 g/mol. The van der Waals surface area contributed by atoms with Crippen LogP contribution in [0.1, 0.15) is 15.2 Å². The zero-order chi connectivity index (χ0) is 9.42. The maximum absolute atomic E-state index is 10.6. The molecule has 1 aromatic carbocycles. The lowest BCUT2D eigenvalue weighted by atomic mass is 10.2. The molecule has 1 nitrogen and oxygen atoms in total. The Labute approximate surface area is 85.8 Å². The first-order valence-corrected chi connectivity index (χ1v) is 5.16. The van der Waals surface area contributed by atoms with Crippen LogP contribution in [0.25, 0.3) is 10.1 Å². The van der Waals surface area contributed by atoms with Crippen molar-refractivity contribution in [2.24, 2.45) is 0 Å². The van der Waals surface area contributed by atoms with Crippen LogP contribution in [-0.4, -0.2) is 6.29 Å². The first-order chi connectivity index (χ1) is 6.22. The second-order valence-electron chi connectivity index (χ2n) is 2.92. The van der Waals surface area contributed by atoms with E-state index in [1.54, 1.807) is 0 Å². The van der Waals surface area contributed by atoms with Crippen molar-refractivity contribution in [3.8, 4) is 0 Å². The number of benzene rings is 1. The first kappa shape index (κ1) is 8.78. The summed E-state index contributed by atoms with van der Waals surface area (Å²) in [6.45, 7) is 2.02. The molecule has 66 valence electrons. The Morgan fingerprint density at radius 3 is 2.92 bits per heavy atom. The molecular formula is C10H8OS2. The van der Waals surface area contributed by atoms with Crippen molar-refractivity contribution in [2.75, 3.05) is 0 Å². The number of carbonyl (C=O) groups excluding carboxylic acids is 1. The number of thiophene rings is 1. The van der Waals surface area contributed by atoms with Gasteiger partial charge in [-0.2, -0.15) is 0 Å². The normalized spacial score (nSPS) is 10.6. The van der Waals surface area contributed by atoms with Crippen molar-refractivity contribution in [2.45, 2.75) is 11.8 Å². The lowest BCUT2D eigenvalue weighted by Gasteiger charge is -1.98. The Morgan fingerprint density at radius 2 is 2.23 bits per heavy atom. The van der Waals surface area contributed by atoms with E-state index in [1.165, 1.54) is 11.3 Å². The van der Waals surface area contributed by atoms with Crippen LogP contribution in [0.5, 0.6) is 0 Å². The Hall–Kier alpha value is -0.800. The smallest absolute Gasteiger partial charge is 0.160 e. The van der Waals surface area contributed by atoms with Crippen molar-refractivity contribution in [1.29, 1.82) is 0 Å². The van der Waals surface area contributed by atoms with Gasteiger partial charge in [-0.15, -0.1) is 24.0 Å². The average molecular weight is 208 g/mol. The van der Waals surface area contributed by atoms with Crippen LogP contribution in [-0.2, 0) is 0 Å². The summed E-state index contributed by atoms with van der Waals surface area (Å²) in [5, 5.41) is 1.10. The molecule has 0 radical (unpaired) electrons. The minimum atomic E-state index is 0.760. The summed E-state index contributed by atoms with van der Waals surface area (Å²) < 4.78 is 1.10. The Balaban J connectivity index is 2.83. The molecule has 0 N–H and O–H groups in total. The van der Waals surface area contributed by atoms with Gasteiger partial charge in [0.25, 0.3) is 0 Å².